The highest BCUT2D eigenvalue weighted by Crippen LogP contribution is 2.16. The normalized spacial score (nSPS) is 10.9. The second kappa shape index (κ2) is 8.16. The molecule has 0 bridgehead atoms. The Labute approximate surface area is 149 Å². The summed E-state index contributed by atoms with van der Waals surface area (Å²) < 4.78 is 25.6. The van der Waals surface area contributed by atoms with Crippen molar-refractivity contribution < 1.29 is 13.2 Å². The molecule has 2 aromatic rings. The van der Waals surface area contributed by atoms with Crippen LogP contribution in [0.2, 0.25) is 0 Å². The second-order valence-corrected chi connectivity index (χ2v) is 7.78. The molecule has 0 fully saturated rings. The predicted octanol–water partition coefficient (Wildman–Crippen LogP) is 3.18. The van der Waals surface area contributed by atoms with Gasteiger partial charge in [0.2, 0.25) is 10.0 Å². The van der Waals surface area contributed by atoms with Crippen molar-refractivity contribution >= 4 is 43.4 Å². The molecule has 0 saturated carbocycles. The van der Waals surface area contributed by atoms with E-state index in [0.29, 0.717) is 24.3 Å². The van der Waals surface area contributed by atoms with Crippen LogP contribution in [-0.4, -0.2) is 27.2 Å². The van der Waals surface area contributed by atoms with Crippen LogP contribution in [0.5, 0.6) is 0 Å². The van der Waals surface area contributed by atoms with E-state index in [4.69, 9.17) is 0 Å². The number of urea groups is 1. The van der Waals surface area contributed by atoms with E-state index >= 15 is 0 Å². The van der Waals surface area contributed by atoms with E-state index in [9.17, 15) is 13.2 Å². The fourth-order valence-electron chi connectivity index (χ4n) is 2.02. The van der Waals surface area contributed by atoms with Gasteiger partial charge in [0.15, 0.2) is 0 Å². The number of sulfonamides is 1. The number of hydrogen-bond donors (Lipinski definition) is 3. The average molecular weight is 412 g/mol. The highest BCUT2D eigenvalue weighted by atomic mass is 79.9. The Morgan fingerprint density at radius 3 is 2.29 bits per heavy atom. The monoisotopic (exact) mass is 411 g/mol. The molecule has 0 aliphatic heterocycles. The van der Waals surface area contributed by atoms with Gasteiger partial charge in [-0.2, -0.15) is 0 Å². The molecule has 0 aromatic heterocycles. The van der Waals surface area contributed by atoms with Crippen molar-refractivity contribution in [2.24, 2.45) is 0 Å². The zero-order chi connectivity index (χ0) is 17.6. The molecule has 0 heterocycles. The van der Waals surface area contributed by atoms with Gasteiger partial charge in [-0.3, -0.25) is 4.72 Å². The van der Waals surface area contributed by atoms with E-state index in [1.54, 1.807) is 24.3 Å². The molecule has 0 aliphatic carbocycles. The van der Waals surface area contributed by atoms with Gasteiger partial charge in [-0.05, 0) is 42.3 Å². The van der Waals surface area contributed by atoms with Crippen molar-refractivity contribution in [1.29, 1.82) is 0 Å². The lowest BCUT2D eigenvalue weighted by molar-refractivity contribution is 0.252. The van der Waals surface area contributed by atoms with E-state index in [-0.39, 0.29) is 6.03 Å². The van der Waals surface area contributed by atoms with Crippen LogP contribution in [0.25, 0.3) is 0 Å². The van der Waals surface area contributed by atoms with Gasteiger partial charge in [-0.15, -0.1) is 0 Å². The van der Waals surface area contributed by atoms with Crippen molar-refractivity contribution in [1.82, 2.24) is 5.32 Å². The van der Waals surface area contributed by atoms with Gasteiger partial charge in [0.1, 0.15) is 0 Å². The second-order valence-electron chi connectivity index (χ2n) is 5.17. The Kier molecular flexibility index (Phi) is 6.22. The molecule has 8 heteroatoms. The van der Waals surface area contributed by atoms with Crippen LogP contribution >= 0.6 is 15.9 Å². The third-order valence-electron chi connectivity index (χ3n) is 3.08. The summed E-state index contributed by atoms with van der Waals surface area (Å²) in [4.78, 5) is 11.9. The highest BCUT2D eigenvalue weighted by molar-refractivity contribution is 9.10. The molecule has 0 spiro atoms. The van der Waals surface area contributed by atoms with Crippen molar-refractivity contribution in [3.05, 3.63) is 58.6 Å². The van der Waals surface area contributed by atoms with Crippen molar-refractivity contribution in [2.45, 2.75) is 6.42 Å². The molecule has 6 nitrogen and oxygen atoms in total. The molecule has 24 heavy (non-hydrogen) atoms. The van der Waals surface area contributed by atoms with E-state index in [2.05, 4.69) is 31.3 Å². The van der Waals surface area contributed by atoms with Crippen LogP contribution in [0.1, 0.15) is 5.56 Å². The Morgan fingerprint density at radius 2 is 1.67 bits per heavy atom. The van der Waals surface area contributed by atoms with Crippen LogP contribution in [0.4, 0.5) is 16.2 Å². The summed E-state index contributed by atoms with van der Waals surface area (Å²) in [6.07, 6.45) is 1.80. The first kappa shape index (κ1) is 18.3. The van der Waals surface area contributed by atoms with Gasteiger partial charge in [-0.1, -0.05) is 34.1 Å². The average Bonchev–Trinajstić information content (AvgIpc) is 2.50. The number of nitrogens with one attached hydrogen (secondary N) is 3. The topological polar surface area (TPSA) is 87.3 Å². The first-order valence-corrected chi connectivity index (χ1v) is 9.88. The smallest absolute Gasteiger partial charge is 0.319 e. The molecule has 2 amide bonds. The number of halogens is 1. The molecule has 0 unspecified atom stereocenters. The SMILES string of the molecule is CS(=O)(=O)Nc1ccc(NC(=O)NCCc2ccccc2Br)cc1. The van der Waals surface area contributed by atoms with Gasteiger partial charge in [0, 0.05) is 22.4 Å². The van der Waals surface area contributed by atoms with Crippen molar-refractivity contribution in [2.75, 3.05) is 22.8 Å². The summed E-state index contributed by atoms with van der Waals surface area (Å²) in [6, 6.07) is 13.9. The molecule has 0 saturated heterocycles. The maximum Gasteiger partial charge on any atom is 0.319 e. The fourth-order valence-corrected chi connectivity index (χ4v) is 3.07. The molecule has 0 radical (unpaired) electrons. The molecule has 2 rings (SSSR count). The van der Waals surface area contributed by atoms with E-state index in [0.717, 1.165) is 16.3 Å². The molecule has 2 aromatic carbocycles. The van der Waals surface area contributed by atoms with E-state index < -0.39 is 10.0 Å². The zero-order valence-corrected chi connectivity index (χ0v) is 15.4. The summed E-state index contributed by atoms with van der Waals surface area (Å²) in [6.45, 7) is 0.502. The van der Waals surface area contributed by atoms with Crippen LogP contribution in [-0.2, 0) is 16.4 Å². The minimum absolute atomic E-state index is 0.314. The lowest BCUT2D eigenvalue weighted by atomic mass is 10.1. The van der Waals surface area contributed by atoms with Gasteiger partial charge in [0.05, 0.1) is 6.26 Å². The third kappa shape index (κ3) is 6.21. The van der Waals surface area contributed by atoms with Crippen molar-refractivity contribution in [3.8, 4) is 0 Å². The Bertz CT molecular complexity index is 808. The number of amides is 2. The number of anilines is 2. The van der Waals surface area contributed by atoms with Gasteiger partial charge in [0.25, 0.3) is 0 Å². The highest BCUT2D eigenvalue weighted by Gasteiger charge is 2.04. The van der Waals surface area contributed by atoms with E-state index in [1.807, 2.05) is 24.3 Å². The molecule has 3 N–H and O–H groups in total. The molecule has 0 atom stereocenters. The summed E-state index contributed by atoms with van der Waals surface area (Å²) in [5.41, 5.74) is 2.14. The quantitative estimate of drug-likeness (QED) is 0.681. The van der Waals surface area contributed by atoms with Gasteiger partial charge >= 0.3 is 6.03 Å². The third-order valence-corrected chi connectivity index (χ3v) is 4.46. The lowest BCUT2D eigenvalue weighted by Gasteiger charge is -2.09. The maximum absolute atomic E-state index is 11.9. The molecule has 128 valence electrons. The van der Waals surface area contributed by atoms with Crippen LogP contribution in [0, 0.1) is 0 Å². The Hall–Kier alpha value is -2.06. The standard InChI is InChI=1S/C16H18BrN3O3S/c1-24(22,23)20-14-8-6-13(7-9-14)19-16(21)18-11-10-12-4-2-3-5-15(12)17/h2-9,20H,10-11H2,1H3,(H2,18,19,21). The molecule has 0 aliphatic rings. The fraction of sp³-hybridized carbons (Fsp3) is 0.188. The van der Waals surface area contributed by atoms with Gasteiger partial charge < -0.3 is 10.6 Å². The van der Waals surface area contributed by atoms with Crippen LogP contribution in [0.15, 0.2) is 53.0 Å². The van der Waals surface area contributed by atoms with Crippen molar-refractivity contribution in [3.63, 3.8) is 0 Å². The number of carbonyl (C=O) groups is 1. The van der Waals surface area contributed by atoms with Crippen LogP contribution < -0.4 is 15.4 Å². The lowest BCUT2D eigenvalue weighted by Crippen LogP contribution is -2.30. The number of carbonyl (C=O) groups excluding carboxylic acids is 1. The first-order valence-electron chi connectivity index (χ1n) is 7.19. The predicted molar refractivity (Wildman–Crippen MR) is 99.8 cm³/mol. The number of hydrogen-bond acceptors (Lipinski definition) is 3. The Morgan fingerprint density at radius 1 is 1.04 bits per heavy atom. The number of benzene rings is 2. The minimum atomic E-state index is -3.31. The zero-order valence-electron chi connectivity index (χ0n) is 13.0. The summed E-state index contributed by atoms with van der Waals surface area (Å²) in [5.74, 6) is 0. The molecular weight excluding hydrogens is 394 g/mol. The first-order chi connectivity index (χ1) is 11.3. The largest absolute Gasteiger partial charge is 0.338 e. The Balaban J connectivity index is 1.81. The van der Waals surface area contributed by atoms with Crippen LogP contribution in [0.3, 0.4) is 0 Å². The summed E-state index contributed by atoms with van der Waals surface area (Å²) in [7, 11) is -3.31. The maximum atomic E-state index is 11.9. The molecular formula is C16H18BrN3O3S. The summed E-state index contributed by atoms with van der Waals surface area (Å²) in [5, 5.41) is 5.47. The number of rotatable bonds is 6. The minimum Gasteiger partial charge on any atom is -0.338 e. The summed E-state index contributed by atoms with van der Waals surface area (Å²) >= 11 is 3.47. The van der Waals surface area contributed by atoms with Gasteiger partial charge in [-0.25, -0.2) is 13.2 Å². The van der Waals surface area contributed by atoms with E-state index in [1.165, 1.54) is 0 Å².